The molecule has 1 aliphatic heterocycles. The highest BCUT2D eigenvalue weighted by atomic mass is 35.5. The lowest BCUT2D eigenvalue weighted by molar-refractivity contribution is 0.242. The molecular weight excluding hydrogens is 481 g/mol. The molecule has 0 saturated carbocycles. The highest BCUT2D eigenvalue weighted by molar-refractivity contribution is 6.36. The van der Waals surface area contributed by atoms with Gasteiger partial charge in [0.1, 0.15) is 5.75 Å². The third-order valence-corrected chi connectivity index (χ3v) is 7.06. The molecule has 0 aromatic heterocycles. The molecule has 176 valence electrons. The second-order valence-electron chi connectivity index (χ2n) is 8.17. The van der Waals surface area contributed by atoms with Crippen LogP contribution in [0.3, 0.4) is 0 Å². The molecule has 0 fully saturated rings. The van der Waals surface area contributed by atoms with Crippen LogP contribution in [-0.2, 0) is 19.3 Å². The summed E-state index contributed by atoms with van der Waals surface area (Å²) in [6.07, 6.45) is 2.27. The van der Waals surface area contributed by atoms with E-state index in [1.165, 1.54) is 0 Å². The van der Waals surface area contributed by atoms with Crippen LogP contribution < -0.4 is 9.47 Å². The van der Waals surface area contributed by atoms with Crippen LogP contribution >= 0.6 is 35.6 Å². The number of hydrogen-bond acceptors (Lipinski definition) is 4. The minimum absolute atomic E-state index is 0. The van der Waals surface area contributed by atoms with E-state index in [-0.39, 0.29) is 24.2 Å². The molecule has 1 atom stereocenters. The molecule has 0 radical (unpaired) electrons. The van der Waals surface area contributed by atoms with E-state index in [9.17, 15) is 5.11 Å². The summed E-state index contributed by atoms with van der Waals surface area (Å²) in [7, 11) is 5.35. The molecule has 4 rings (SSSR count). The summed E-state index contributed by atoms with van der Waals surface area (Å²) < 4.78 is 10.9. The Morgan fingerprint density at radius 1 is 1.00 bits per heavy atom. The van der Waals surface area contributed by atoms with Crippen molar-refractivity contribution >= 4 is 35.6 Å². The second kappa shape index (κ2) is 10.9. The second-order valence-corrected chi connectivity index (χ2v) is 8.98. The molecule has 33 heavy (non-hydrogen) atoms. The number of phenols is 1. The molecule has 1 heterocycles. The SMILES string of the molecule is COc1ccc2c(c1)-c1c(ccc(OC)c1O)CC(Cc1c(Cl)cccc1Cl)N(C)CC2.Cl. The van der Waals surface area contributed by atoms with Gasteiger partial charge < -0.3 is 19.5 Å². The van der Waals surface area contributed by atoms with Crippen molar-refractivity contribution < 1.29 is 14.6 Å². The predicted octanol–water partition coefficient (Wildman–Crippen LogP) is 6.45. The Labute approximate surface area is 211 Å². The zero-order valence-electron chi connectivity index (χ0n) is 18.9. The van der Waals surface area contributed by atoms with E-state index in [4.69, 9.17) is 32.7 Å². The Bertz CT molecular complexity index is 1120. The van der Waals surface area contributed by atoms with Gasteiger partial charge >= 0.3 is 0 Å². The van der Waals surface area contributed by atoms with E-state index >= 15 is 0 Å². The first-order chi connectivity index (χ1) is 15.4. The summed E-state index contributed by atoms with van der Waals surface area (Å²) in [4.78, 5) is 2.35. The third-order valence-electron chi connectivity index (χ3n) is 6.35. The summed E-state index contributed by atoms with van der Waals surface area (Å²) in [6.45, 7) is 0.859. The van der Waals surface area contributed by atoms with Gasteiger partial charge in [0.2, 0.25) is 0 Å². The number of fused-ring (bicyclic) bond motifs is 3. The van der Waals surface area contributed by atoms with Crippen molar-refractivity contribution in [1.82, 2.24) is 4.90 Å². The Hall–Kier alpha value is -2.11. The van der Waals surface area contributed by atoms with Crippen molar-refractivity contribution in [2.45, 2.75) is 25.3 Å². The Morgan fingerprint density at radius 3 is 2.36 bits per heavy atom. The van der Waals surface area contributed by atoms with Gasteiger partial charge in [-0.15, -0.1) is 12.4 Å². The number of ether oxygens (including phenoxy) is 2. The molecule has 1 N–H and O–H groups in total. The largest absolute Gasteiger partial charge is 0.504 e. The van der Waals surface area contributed by atoms with Gasteiger partial charge in [0.25, 0.3) is 0 Å². The molecule has 0 bridgehead atoms. The summed E-state index contributed by atoms with van der Waals surface area (Å²) in [5, 5.41) is 12.5. The maximum atomic E-state index is 11.2. The van der Waals surface area contributed by atoms with Gasteiger partial charge in [0.05, 0.1) is 14.2 Å². The molecule has 0 saturated heterocycles. The number of nitrogens with zero attached hydrogens (tertiary/aromatic N) is 1. The minimum atomic E-state index is 0. The van der Waals surface area contributed by atoms with Crippen LogP contribution in [0.15, 0.2) is 48.5 Å². The van der Waals surface area contributed by atoms with Crippen LogP contribution in [0.5, 0.6) is 17.2 Å². The van der Waals surface area contributed by atoms with Crippen molar-refractivity contribution in [2.24, 2.45) is 0 Å². The van der Waals surface area contributed by atoms with E-state index < -0.39 is 0 Å². The van der Waals surface area contributed by atoms with Crippen molar-refractivity contribution in [2.75, 3.05) is 27.8 Å². The Morgan fingerprint density at radius 2 is 1.70 bits per heavy atom. The van der Waals surface area contributed by atoms with Gasteiger partial charge in [-0.1, -0.05) is 41.4 Å². The number of rotatable bonds is 4. The van der Waals surface area contributed by atoms with Crippen molar-refractivity contribution in [3.63, 3.8) is 0 Å². The molecule has 0 amide bonds. The van der Waals surface area contributed by atoms with Gasteiger partial charge in [-0.3, -0.25) is 0 Å². The molecule has 3 aromatic rings. The van der Waals surface area contributed by atoms with Crippen LogP contribution in [0.25, 0.3) is 11.1 Å². The molecule has 7 heteroatoms. The van der Waals surface area contributed by atoms with Crippen LogP contribution in [0.4, 0.5) is 0 Å². The number of methoxy groups -OCH3 is 2. The van der Waals surface area contributed by atoms with Gasteiger partial charge in [0, 0.05) is 28.2 Å². The standard InChI is InChI=1S/C26H27Cl2NO3.ClH/c1-29-12-11-16-7-9-19(31-2)15-20(16)25-17(8-10-24(32-3)26(25)30)13-18(29)14-21-22(27)5-4-6-23(21)28;/h4-10,15,18,30H,11-14H2,1-3H3;1H. The fourth-order valence-electron chi connectivity index (χ4n) is 4.46. The number of likely N-dealkylation sites (N-methyl/N-ethyl adjacent to an activating group) is 1. The first-order valence-corrected chi connectivity index (χ1v) is 11.4. The number of phenolic OH excluding ortho intramolecular Hbond substituents is 1. The molecule has 1 aliphatic rings. The number of halogens is 3. The van der Waals surface area contributed by atoms with E-state index in [2.05, 4.69) is 18.0 Å². The average Bonchev–Trinajstić information content (AvgIpc) is 2.84. The zero-order valence-corrected chi connectivity index (χ0v) is 21.2. The van der Waals surface area contributed by atoms with E-state index in [1.807, 2.05) is 42.5 Å². The zero-order chi connectivity index (χ0) is 22.8. The molecule has 0 aliphatic carbocycles. The maximum absolute atomic E-state index is 11.2. The molecule has 1 unspecified atom stereocenters. The third kappa shape index (κ3) is 5.20. The quantitative estimate of drug-likeness (QED) is 0.440. The van der Waals surface area contributed by atoms with Gasteiger partial charge in [-0.05, 0) is 78.9 Å². The lowest BCUT2D eigenvalue weighted by Gasteiger charge is -2.29. The summed E-state index contributed by atoms with van der Waals surface area (Å²) >= 11 is 13.0. The minimum Gasteiger partial charge on any atom is -0.504 e. The number of benzene rings is 3. The van der Waals surface area contributed by atoms with Crippen LogP contribution in [-0.4, -0.2) is 43.9 Å². The molecule has 4 nitrogen and oxygen atoms in total. The fourth-order valence-corrected chi connectivity index (χ4v) is 5.01. The first kappa shape index (κ1) is 25.5. The smallest absolute Gasteiger partial charge is 0.165 e. The molecular formula is C26H28Cl3NO3. The molecule has 3 aromatic carbocycles. The van der Waals surface area contributed by atoms with Crippen LogP contribution in [0.1, 0.15) is 16.7 Å². The van der Waals surface area contributed by atoms with Crippen molar-refractivity contribution in [1.29, 1.82) is 0 Å². The normalized spacial score (nSPS) is 15.8. The lowest BCUT2D eigenvalue weighted by atomic mass is 9.89. The Kier molecular flexibility index (Phi) is 8.41. The fraction of sp³-hybridized carbons (Fsp3) is 0.308. The van der Waals surface area contributed by atoms with Crippen LogP contribution in [0, 0.1) is 0 Å². The van der Waals surface area contributed by atoms with Crippen molar-refractivity contribution in [3.05, 3.63) is 75.3 Å². The van der Waals surface area contributed by atoms with Gasteiger partial charge in [0.15, 0.2) is 11.5 Å². The summed E-state index contributed by atoms with van der Waals surface area (Å²) in [5.74, 6) is 1.36. The monoisotopic (exact) mass is 507 g/mol. The summed E-state index contributed by atoms with van der Waals surface area (Å²) in [5.41, 5.74) is 4.91. The van der Waals surface area contributed by atoms with E-state index in [0.29, 0.717) is 22.2 Å². The number of hydrogen-bond donors (Lipinski definition) is 1. The highest BCUT2D eigenvalue weighted by Crippen LogP contribution is 2.44. The topological polar surface area (TPSA) is 41.9 Å². The highest BCUT2D eigenvalue weighted by Gasteiger charge is 2.26. The van der Waals surface area contributed by atoms with Crippen molar-refractivity contribution in [3.8, 4) is 28.4 Å². The molecule has 0 spiro atoms. The van der Waals surface area contributed by atoms with Gasteiger partial charge in [-0.2, -0.15) is 0 Å². The van der Waals surface area contributed by atoms with Gasteiger partial charge in [-0.25, -0.2) is 0 Å². The predicted molar refractivity (Wildman–Crippen MR) is 138 cm³/mol. The maximum Gasteiger partial charge on any atom is 0.165 e. The van der Waals surface area contributed by atoms with E-state index in [0.717, 1.165) is 53.0 Å². The lowest BCUT2D eigenvalue weighted by Crippen LogP contribution is -2.36. The Balaban J connectivity index is 0.00000306. The van der Waals surface area contributed by atoms with Crippen LogP contribution in [0.2, 0.25) is 10.0 Å². The summed E-state index contributed by atoms with van der Waals surface area (Å²) in [6, 6.07) is 15.7. The number of aromatic hydroxyl groups is 1. The average molecular weight is 509 g/mol. The van der Waals surface area contributed by atoms with E-state index in [1.54, 1.807) is 14.2 Å². The first-order valence-electron chi connectivity index (χ1n) is 10.6.